The minimum absolute atomic E-state index is 0.0849. The van der Waals surface area contributed by atoms with E-state index in [1.165, 1.54) is 30.3 Å². The van der Waals surface area contributed by atoms with Gasteiger partial charge in [-0.15, -0.1) is 0 Å². The van der Waals surface area contributed by atoms with Gasteiger partial charge in [0.25, 0.3) is 0 Å². The number of nitrogens with zero attached hydrogens (tertiary/aromatic N) is 1. The Hall–Kier alpha value is -2.51. The molecule has 30 heavy (non-hydrogen) atoms. The number of ether oxygens (including phenoxy) is 1. The van der Waals surface area contributed by atoms with Crippen LogP contribution in [0.4, 0.5) is 13.2 Å². The predicted molar refractivity (Wildman–Crippen MR) is 109 cm³/mol. The second kappa shape index (κ2) is 7.63. The summed E-state index contributed by atoms with van der Waals surface area (Å²) in [6.07, 6.45) is -4.85. The van der Waals surface area contributed by atoms with Crippen LogP contribution in [0.25, 0.3) is 22.1 Å². The summed E-state index contributed by atoms with van der Waals surface area (Å²) in [5.74, 6) is -0.547. The molecule has 0 bridgehead atoms. The van der Waals surface area contributed by atoms with Crippen molar-refractivity contribution in [1.29, 1.82) is 0 Å². The largest absolute Gasteiger partial charge is 0.478 e. The molecule has 8 heteroatoms. The molecule has 0 atom stereocenters. The standard InChI is InChI=1S/C22H19ClF3NO3/c1-12(2)9-27-10-16-17(29-11-27)8-7-15-19(28)18(13-3-5-14(23)6-4-13)21(22(24,25)26)30-20(15)16/h3-8,12H,9-11H2,1-2H3. The molecule has 1 aromatic heterocycles. The van der Waals surface area contributed by atoms with Crippen LogP contribution in [-0.4, -0.2) is 18.2 Å². The highest BCUT2D eigenvalue weighted by Gasteiger charge is 2.40. The fourth-order valence-electron chi connectivity index (χ4n) is 3.72. The predicted octanol–water partition coefficient (Wildman–Crippen LogP) is 5.94. The molecule has 0 amide bonds. The summed E-state index contributed by atoms with van der Waals surface area (Å²) < 4.78 is 52.8. The van der Waals surface area contributed by atoms with Gasteiger partial charge in [0.15, 0.2) is 0 Å². The van der Waals surface area contributed by atoms with Gasteiger partial charge in [0.05, 0.1) is 16.5 Å². The Morgan fingerprint density at radius 3 is 2.47 bits per heavy atom. The summed E-state index contributed by atoms with van der Waals surface area (Å²) in [6.45, 7) is 5.45. The van der Waals surface area contributed by atoms with Crippen LogP contribution in [0.2, 0.25) is 5.02 Å². The van der Waals surface area contributed by atoms with Gasteiger partial charge in [0, 0.05) is 18.1 Å². The van der Waals surface area contributed by atoms with E-state index >= 15 is 0 Å². The van der Waals surface area contributed by atoms with Gasteiger partial charge in [-0.1, -0.05) is 37.6 Å². The van der Waals surface area contributed by atoms with Gasteiger partial charge in [0.2, 0.25) is 11.2 Å². The van der Waals surface area contributed by atoms with Crippen LogP contribution >= 0.6 is 11.6 Å². The van der Waals surface area contributed by atoms with E-state index in [0.717, 1.165) is 0 Å². The molecule has 0 aliphatic carbocycles. The highest BCUT2D eigenvalue weighted by atomic mass is 35.5. The zero-order valence-corrected chi connectivity index (χ0v) is 17.1. The minimum Gasteiger partial charge on any atom is -0.478 e. The van der Waals surface area contributed by atoms with E-state index in [1.807, 2.05) is 18.7 Å². The molecule has 0 radical (unpaired) electrons. The van der Waals surface area contributed by atoms with Crippen LogP contribution in [-0.2, 0) is 12.7 Å². The number of fused-ring (bicyclic) bond motifs is 3. The van der Waals surface area contributed by atoms with Gasteiger partial charge in [0.1, 0.15) is 18.1 Å². The summed E-state index contributed by atoms with van der Waals surface area (Å²) in [6, 6.07) is 8.69. The maximum Gasteiger partial charge on any atom is 0.450 e. The summed E-state index contributed by atoms with van der Waals surface area (Å²) in [4.78, 5) is 15.1. The second-order valence-corrected chi connectivity index (χ2v) is 8.17. The number of rotatable bonds is 3. The lowest BCUT2D eigenvalue weighted by molar-refractivity contribution is -0.152. The van der Waals surface area contributed by atoms with E-state index in [1.54, 1.807) is 6.07 Å². The van der Waals surface area contributed by atoms with E-state index in [2.05, 4.69) is 0 Å². The van der Waals surface area contributed by atoms with Crippen LogP contribution in [0.1, 0.15) is 25.2 Å². The van der Waals surface area contributed by atoms with E-state index in [4.69, 9.17) is 20.8 Å². The Labute approximate surface area is 175 Å². The van der Waals surface area contributed by atoms with Crippen LogP contribution < -0.4 is 10.2 Å². The van der Waals surface area contributed by atoms with Gasteiger partial charge in [-0.05, 0) is 35.7 Å². The minimum atomic E-state index is -4.85. The third-order valence-electron chi connectivity index (χ3n) is 4.92. The Morgan fingerprint density at radius 1 is 1.13 bits per heavy atom. The van der Waals surface area contributed by atoms with Crippen molar-refractivity contribution in [2.75, 3.05) is 13.3 Å². The molecule has 4 nitrogen and oxygen atoms in total. The third kappa shape index (κ3) is 3.79. The number of hydrogen-bond acceptors (Lipinski definition) is 4. The summed E-state index contributed by atoms with van der Waals surface area (Å²) >= 11 is 5.85. The molecule has 0 saturated carbocycles. The number of alkyl halides is 3. The average molecular weight is 438 g/mol. The smallest absolute Gasteiger partial charge is 0.450 e. The first kappa shape index (κ1) is 20.8. The molecule has 0 unspecified atom stereocenters. The SMILES string of the molecule is CC(C)CN1COc2ccc3c(=O)c(-c4ccc(Cl)cc4)c(C(F)(F)F)oc3c2C1. The van der Waals surface area contributed by atoms with E-state index in [0.29, 0.717) is 42.1 Å². The maximum absolute atomic E-state index is 13.9. The molecule has 158 valence electrons. The third-order valence-corrected chi connectivity index (χ3v) is 5.17. The van der Waals surface area contributed by atoms with Crippen LogP contribution in [0.15, 0.2) is 45.6 Å². The average Bonchev–Trinajstić information content (AvgIpc) is 2.67. The van der Waals surface area contributed by atoms with Crippen molar-refractivity contribution in [3.63, 3.8) is 0 Å². The van der Waals surface area contributed by atoms with Crippen molar-refractivity contribution in [2.45, 2.75) is 26.6 Å². The molecule has 0 fully saturated rings. The van der Waals surface area contributed by atoms with E-state index in [-0.39, 0.29) is 16.5 Å². The first-order valence-corrected chi connectivity index (χ1v) is 9.84. The molecular weight excluding hydrogens is 419 g/mol. The van der Waals surface area contributed by atoms with Crippen LogP contribution in [0.3, 0.4) is 0 Å². The van der Waals surface area contributed by atoms with Crippen molar-refractivity contribution >= 4 is 22.6 Å². The molecule has 4 rings (SSSR count). The topological polar surface area (TPSA) is 42.7 Å². The van der Waals surface area contributed by atoms with Gasteiger partial charge >= 0.3 is 6.18 Å². The molecule has 3 aromatic rings. The Morgan fingerprint density at radius 2 is 1.83 bits per heavy atom. The summed E-state index contributed by atoms with van der Waals surface area (Å²) in [5, 5.41) is 0.440. The van der Waals surface area contributed by atoms with Gasteiger partial charge in [-0.25, -0.2) is 0 Å². The Balaban J connectivity index is 1.97. The molecule has 1 aliphatic heterocycles. The highest BCUT2D eigenvalue weighted by Crippen LogP contribution is 2.40. The molecule has 1 aliphatic rings. The normalized spacial score (nSPS) is 14.8. The molecular formula is C22H19ClF3NO3. The fourth-order valence-corrected chi connectivity index (χ4v) is 3.85. The fraction of sp³-hybridized carbons (Fsp3) is 0.318. The summed E-state index contributed by atoms with van der Waals surface area (Å²) in [5.41, 5.74) is -0.810. The van der Waals surface area contributed by atoms with Gasteiger partial charge in [-0.3, -0.25) is 9.69 Å². The lowest BCUT2D eigenvalue weighted by Crippen LogP contribution is -2.35. The first-order chi connectivity index (χ1) is 14.1. The van der Waals surface area contributed by atoms with Crippen molar-refractivity contribution < 1.29 is 22.3 Å². The first-order valence-electron chi connectivity index (χ1n) is 9.46. The molecule has 0 saturated heterocycles. The Bertz CT molecular complexity index is 1150. The van der Waals surface area contributed by atoms with Crippen molar-refractivity contribution in [3.8, 4) is 16.9 Å². The van der Waals surface area contributed by atoms with E-state index in [9.17, 15) is 18.0 Å². The number of halogens is 4. The van der Waals surface area contributed by atoms with Crippen molar-refractivity contribution in [3.05, 3.63) is 63.0 Å². The maximum atomic E-state index is 13.9. The highest BCUT2D eigenvalue weighted by molar-refractivity contribution is 6.30. The van der Waals surface area contributed by atoms with Crippen LogP contribution in [0.5, 0.6) is 5.75 Å². The van der Waals surface area contributed by atoms with Gasteiger partial charge in [-0.2, -0.15) is 13.2 Å². The van der Waals surface area contributed by atoms with Crippen molar-refractivity contribution in [1.82, 2.24) is 4.90 Å². The monoisotopic (exact) mass is 437 g/mol. The quantitative estimate of drug-likeness (QED) is 0.508. The molecule has 0 spiro atoms. The number of hydrogen-bond donors (Lipinski definition) is 0. The van der Waals surface area contributed by atoms with Crippen molar-refractivity contribution in [2.24, 2.45) is 5.92 Å². The van der Waals surface area contributed by atoms with Crippen LogP contribution in [0, 0.1) is 5.92 Å². The zero-order chi connectivity index (χ0) is 21.6. The molecule has 0 N–H and O–H groups in total. The van der Waals surface area contributed by atoms with E-state index < -0.39 is 22.9 Å². The second-order valence-electron chi connectivity index (χ2n) is 7.74. The molecule has 2 aromatic carbocycles. The summed E-state index contributed by atoms with van der Waals surface area (Å²) in [7, 11) is 0. The Kier molecular flexibility index (Phi) is 5.28. The lowest BCUT2D eigenvalue weighted by Gasteiger charge is -2.30. The number of benzene rings is 2. The molecule has 2 heterocycles. The van der Waals surface area contributed by atoms with Gasteiger partial charge < -0.3 is 9.15 Å². The zero-order valence-electron chi connectivity index (χ0n) is 16.3. The lowest BCUT2D eigenvalue weighted by atomic mass is 9.99.